The lowest BCUT2D eigenvalue weighted by atomic mass is 10.1. The number of hydrogen-bond acceptors (Lipinski definition) is 3. The fourth-order valence-corrected chi connectivity index (χ4v) is 3.47. The number of nitrogens with zero attached hydrogens (tertiary/aromatic N) is 1. The van der Waals surface area contributed by atoms with Gasteiger partial charge in [0.15, 0.2) is 0 Å². The van der Waals surface area contributed by atoms with Crippen LogP contribution in [0.3, 0.4) is 0 Å². The topological polar surface area (TPSA) is 41.6 Å². The SMILES string of the molecule is O=C(NC[C@@H]1CN2CCC[C@H]2CO1)c1cc(F)cc(Br)c1. The number of halogens is 2. The molecule has 1 amide bonds. The van der Waals surface area contributed by atoms with Crippen LogP contribution >= 0.6 is 15.9 Å². The first-order chi connectivity index (χ1) is 10.1. The molecule has 2 atom stereocenters. The van der Waals surface area contributed by atoms with Crippen LogP contribution < -0.4 is 5.32 Å². The van der Waals surface area contributed by atoms with Crippen LogP contribution in [0.15, 0.2) is 22.7 Å². The maximum Gasteiger partial charge on any atom is 0.251 e. The highest BCUT2D eigenvalue weighted by molar-refractivity contribution is 9.10. The van der Waals surface area contributed by atoms with Crippen LogP contribution in [-0.4, -0.2) is 49.2 Å². The second kappa shape index (κ2) is 6.42. The van der Waals surface area contributed by atoms with Crippen molar-refractivity contribution in [3.05, 3.63) is 34.1 Å². The Labute approximate surface area is 131 Å². The molecule has 0 bridgehead atoms. The zero-order valence-corrected chi connectivity index (χ0v) is 13.2. The van der Waals surface area contributed by atoms with Gasteiger partial charge < -0.3 is 10.1 Å². The van der Waals surface area contributed by atoms with Gasteiger partial charge in [0.25, 0.3) is 5.91 Å². The lowest BCUT2D eigenvalue weighted by molar-refractivity contribution is -0.0461. The summed E-state index contributed by atoms with van der Waals surface area (Å²) in [6.45, 7) is 3.18. The van der Waals surface area contributed by atoms with Crippen molar-refractivity contribution < 1.29 is 13.9 Å². The molecule has 2 aliphatic rings. The van der Waals surface area contributed by atoms with Crippen LogP contribution in [0.2, 0.25) is 0 Å². The molecule has 3 rings (SSSR count). The quantitative estimate of drug-likeness (QED) is 0.902. The maximum atomic E-state index is 13.3. The van der Waals surface area contributed by atoms with E-state index in [0.717, 1.165) is 19.7 Å². The molecule has 1 N–H and O–H groups in total. The van der Waals surface area contributed by atoms with Crippen LogP contribution in [0.25, 0.3) is 0 Å². The van der Waals surface area contributed by atoms with E-state index in [-0.39, 0.29) is 12.0 Å². The molecule has 2 aliphatic heterocycles. The van der Waals surface area contributed by atoms with E-state index in [2.05, 4.69) is 26.1 Å². The van der Waals surface area contributed by atoms with Crippen LogP contribution in [0, 0.1) is 5.82 Å². The van der Waals surface area contributed by atoms with Gasteiger partial charge >= 0.3 is 0 Å². The van der Waals surface area contributed by atoms with Crippen molar-refractivity contribution in [3.63, 3.8) is 0 Å². The van der Waals surface area contributed by atoms with Gasteiger partial charge in [0.1, 0.15) is 5.82 Å². The van der Waals surface area contributed by atoms with Gasteiger partial charge in [-0.2, -0.15) is 0 Å². The highest BCUT2D eigenvalue weighted by atomic mass is 79.9. The molecule has 21 heavy (non-hydrogen) atoms. The van der Waals surface area contributed by atoms with Crippen LogP contribution in [0.5, 0.6) is 0 Å². The van der Waals surface area contributed by atoms with Gasteiger partial charge in [-0.15, -0.1) is 0 Å². The minimum atomic E-state index is -0.427. The second-order valence-corrected chi connectivity index (χ2v) is 6.53. The monoisotopic (exact) mass is 356 g/mol. The van der Waals surface area contributed by atoms with E-state index in [1.807, 2.05) is 0 Å². The third kappa shape index (κ3) is 3.62. The average Bonchev–Trinajstić information content (AvgIpc) is 2.91. The summed E-state index contributed by atoms with van der Waals surface area (Å²) in [5.41, 5.74) is 0.316. The molecule has 0 radical (unpaired) electrons. The smallest absolute Gasteiger partial charge is 0.251 e. The number of fused-ring (bicyclic) bond motifs is 1. The van der Waals surface area contributed by atoms with E-state index in [1.165, 1.54) is 25.0 Å². The van der Waals surface area contributed by atoms with Gasteiger partial charge in [0.05, 0.1) is 12.7 Å². The molecule has 0 spiro atoms. The third-order valence-electron chi connectivity index (χ3n) is 4.08. The fraction of sp³-hybridized carbons (Fsp3) is 0.533. The Morgan fingerprint density at radius 1 is 1.48 bits per heavy atom. The Hall–Kier alpha value is -0.980. The number of morpholine rings is 1. The minimum absolute atomic E-state index is 0.0142. The summed E-state index contributed by atoms with van der Waals surface area (Å²) in [6, 6.07) is 4.72. The Bertz CT molecular complexity index is 520. The first kappa shape index (κ1) is 14.9. The molecule has 2 saturated heterocycles. The van der Waals surface area contributed by atoms with Crippen molar-refractivity contribution in [2.24, 2.45) is 0 Å². The van der Waals surface area contributed by atoms with Crippen LogP contribution in [-0.2, 0) is 4.74 Å². The van der Waals surface area contributed by atoms with Gasteiger partial charge in [-0.1, -0.05) is 15.9 Å². The largest absolute Gasteiger partial charge is 0.373 e. The molecule has 1 aromatic rings. The zero-order chi connectivity index (χ0) is 14.8. The molecule has 0 unspecified atom stereocenters. The van der Waals surface area contributed by atoms with E-state index in [4.69, 9.17) is 4.74 Å². The Morgan fingerprint density at radius 3 is 3.14 bits per heavy atom. The highest BCUT2D eigenvalue weighted by Gasteiger charge is 2.32. The number of nitrogens with one attached hydrogen (secondary N) is 1. The van der Waals surface area contributed by atoms with Gasteiger partial charge in [0.2, 0.25) is 0 Å². The van der Waals surface area contributed by atoms with Crippen molar-refractivity contribution in [2.75, 3.05) is 26.2 Å². The van der Waals surface area contributed by atoms with Gasteiger partial charge in [-0.25, -0.2) is 4.39 Å². The Balaban J connectivity index is 1.53. The van der Waals surface area contributed by atoms with Crippen LogP contribution in [0.1, 0.15) is 23.2 Å². The Morgan fingerprint density at radius 2 is 2.33 bits per heavy atom. The van der Waals surface area contributed by atoms with E-state index in [0.29, 0.717) is 22.6 Å². The maximum absolute atomic E-state index is 13.3. The first-order valence-electron chi connectivity index (χ1n) is 7.22. The molecule has 4 nitrogen and oxygen atoms in total. The molecule has 6 heteroatoms. The van der Waals surface area contributed by atoms with Crippen molar-refractivity contribution >= 4 is 21.8 Å². The number of rotatable bonds is 3. The molecule has 0 saturated carbocycles. The van der Waals surface area contributed by atoms with E-state index in [9.17, 15) is 9.18 Å². The molecule has 2 fully saturated rings. The first-order valence-corrected chi connectivity index (χ1v) is 8.01. The molecule has 2 heterocycles. The van der Waals surface area contributed by atoms with E-state index >= 15 is 0 Å². The average molecular weight is 357 g/mol. The standard InChI is InChI=1S/C15H18BrFN2O2/c16-11-4-10(5-12(17)6-11)15(20)18-7-14-8-19-3-1-2-13(19)9-21-14/h4-6,13-14H,1-3,7-9H2,(H,18,20)/t13-,14+/m0/s1. The lowest BCUT2D eigenvalue weighted by Crippen LogP contribution is -2.50. The zero-order valence-electron chi connectivity index (χ0n) is 11.6. The summed E-state index contributed by atoms with van der Waals surface area (Å²) in [4.78, 5) is 14.5. The molecule has 1 aromatic carbocycles. The lowest BCUT2D eigenvalue weighted by Gasteiger charge is -2.35. The normalized spacial score (nSPS) is 25.6. The molecular formula is C15H18BrFN2O2. The summed E-state index contributed by atoms with van der Waals surface area (Å²) in [5, 5.41) is 2.82. The predicted molar refractivity (Wildman–Crippen MR) is 80.8 cm³/mol. The molecule has 0 aromatic heterocycles. The summed E-state index contributed by atoms with van der Waals surface area (Å²) >= 11 is 3.19. The molecule has 0 aliphatic carbocycles. The summed E-state index contributed by atoms with van der Waals surface area (Å²) in [5.74, 6) is -0.703. The molecular weight excluding hydrogens is 339 g/mol. The van der Waals surface area contributed by atoms with Crippen molar-refractivity contribution in [1.29, 1.82) is 0 Å². The van der Waals surface area contributed by atoms with Gasteiger partial charge in [-0.05, 0) is 37.6 Å². The number of amides is 1. The van der Waals surface area contributed by atoms with Gasteiger partial charge in [0, 0.05) is 29.2 Å². The number of carbonyl (C=O) groups is 1. The highest BCUT2D eigenvalue weighted by Crippen LogP contribution is 2.22. The summed E-state index contributed by atoms with van der Waals surface area (Å²) in [7, 11) is 0. The van der Waals surface area contributed by atoms with Crippen molar-refractivity contribution in [1.82, 2.24) is 10.2 Å². The minimum Gasteiger partial charge on any atom is -0.373 e. The number of ether oxygens (including phenoxy) is 1. The summed E-state index contributed by atoms with van der Waals surface area (Å²) < 4.78 is 19.6. The van der Waals surface area contributed by atoms with Crippen molar-refractivity contribution in [2.45, 2.75) is 25.0 Å². The summed E-state index contributed by atoms with van der Waals surface area (Å²) in [6.07, 6.45) is 2.45. The van der Waals surface area contributed by atoms with E-state index in [1.54, 1.807) is 6.07 Å². The number of benzene rings is 1. The predicted octanol–water partition coefficient (Wildman–Crippen LogP) is 2.18. The third-order valence-corrected chi connectivity index (χ3v) is 4.53. The number of carbonyl (C=O) groups excluding carboxylic acids is 1. The van der Waals surface area contributed by atoms with Gasteiger partial charge in [-0.3, -0.25) is 9.69 Å². The van der Waals surface area contributed by atoms with E-state index < -0.39 is 5.82 Å². The molecule has 114 valence electrons. The fourth-order valence-electron chi connectivity index (χ4n) is 3.00. The second-order valence-electron chi connectivity index (χ2n) is 5.61. The van der Waals surface area contributed by atoms with Crippen LogP contribution in [0.4, 0.5) is 4.39 Å². The number of hydrogen-bond donors (Lipinski definition) is 1. The van der Waals surface area contributed by atoms with Crippen molar-refractivity contribution in [3.8, 4) is 0 Å². The Kier molecular flexibility index (Phi) is 4.57.